The first-order valence-corrected chi connectivity index (χ1v) is 17.8. The van der Waals surface area contributed by atoms with Crippen LogP contribution in [0.1, 0.15) is 16.7 Å². The standard InChI is InChI=1S/C48H36N4/c1-33-30-45-43(41-26-13-14-27-44(41)52(45)39-23-9-4-10-24-39)32-42(33)40-25-12-11-17-35(40)29-28-34-16-15-22-38(31-34)48-50-46(36-18-5-2-6-19-36)49-47(51-48)37-20-7-3-8-21-37/h2-27,30-32H,28-29H2,1H3. The molecule has 4 heteroatoms. The Kier molecular flexibility index (Phi) is 8.18. The van der Waals surface area contributed by atoms with Crippen LogP contribution >= 0.6 is 0 Å². The van der Waals surface area contributed by atoms with Gasteiger partial charge in [-0.2, -0.15) is 0 Å². The fourth-order valence-electron chi connectivity index (χ4n) is 7.35. The summed E-state index contributed by atoms with van der Waals surface area (Å²) >= 11 is 0. The van der Waals surface area contributed by atoms with Crippen LogP contribution in [0.2, 0.25) is 0 Å². The van der Waals surface area contributed by atoms with Crippen LogP contribution in [0.5, 0.6) is 0 Å². The summed E-state index contributed by atoms with van der Waals surface area (Å²) in [6.45, 7) is 2.24. The Bertz CT molecular complexity index is 2620. The van der Waals surface area contributed by atoms with Gasteiger partial charge in [-0.1, -0.05) is 140 Å². The topological polar surface area (TPSA) is 43.6 Å². The van der Waals surface area contributed by atoms with E-state index < -0.39 is 0 Å². The van der Waals surface area contributed by atoms with Gasteiger partial charge in [0.05, 0.1) is 11.0 Å². The molecule has 0 amide bonds. The van der Waals surface area contributed by atoms with Crippen molar-refractivity contribution in [3.63, 3.8) is 0 Å². The van der Waals surface area contributed by atoms with E-state index >= 15 is 0 Å². The van der Waals surface area contributed by atoms with Crippen molar-refractivity contribution in [3.05, 3.63) is 193 Å². The maximum Gasteiger partial charge on any atom is 0.164 e. The first-order valence-electron chi connectivity index (χ1n) is 17.8. The minimum atomic E-state index is 0.669. The first-order chi connectivity index (χ1) is 25.7. The fourth-order valence-corrected chi connectivity index (χ4v) is 7.35. The highest BCUT2D eigenvalue weighted by Gasteiger charge is 2.17. The second-order valence-electron chi connectivity index (χ2n) is 13.3. The van der Waals surface area contributed by atoms with Crippen LogP contribution < -0.4 is 0 Å². The Morgan fingerprint density at radius 3 is 1.71 bits per heavy atom. The van der Waals surface area contributed by atoms with E-state index in [0.717, 1.165) is 29.5 Å². The Labute approximate surface area is 303 Å². The van der Waals surface area contributed by atoms with Crippen LogP contribution in [0.4, 0.5) is 0 Å². The molecule has 4 nitrogen and oxygen atoms in total. The molecule has 0 aliphatic rings. The van der Waals surface area contributed by atoms with Gasteiger partial charge in [-0.3, -0.25) is 0 Å². The van der Waals surface area contributed by atoms with E-state index in [-0.39, 0.29) is 0 Å². The zero-order valence-corrected chi connectivity index (χ0v) is 28.9. The summed E-state index contributed by atoms with van der Waals surface area (Å²) in [4.78, 5) is 14.8. The van der Waals surface area contributed by atoms with E-state index in [0.29, 0.717) is 17.5 Å². The van der Waals surface area contributed by atoms with Crippen molar-refractivity contribution in [3.8, 4) is 51.0 Å². The van der Waals surface area contributed by atoms with Gasteiger partial charge in [0.2, 0.25) is 0 Å². The Morgan fingerprint density at radius 2 is 1.00 bits per heavy atom. The molecule has 0 saturated carbocycles. The minimum absolute atomic E-state index is 0.669. The lowest BCUT2D eigenvalue weighted by Crippen LogP contribution is -2.01. The molecule has 0 radical (unpaired) electrons. The number of aryl methyl sites for hydroxylation is 3. The summed E-state index contributed by atoms with van der Waals surface area (Å²) in [6, 6.07) is 61.9. The van der Waals surface area contributed by atoms with Crippen LogP contribution in [0.25, 0.3) is 72.8 Å². The van der Waals surface area contributed by atoms with Crippen molar-refractivity contribution in [2.24, 2.45) is 0 Å². The summed E-state index contributed by atoms with van der Waals surface area (Å²) in [5.41, 5.74) is 12.9. The quantitative estimate of drug-likeness (QED) is 0.162. The molecule has 0 spiro atoms. The molecule has 0 fully saturated rings. The van der Waals surface area contributed by atoms with Crippen molar-refractivity contribution in [1.82, 2.24) is 19.5 Å². The van der Waals surface area contributed by atoms with Crippen molar-refractivity contribution in [2.75, 3.05) is 0 Å². The highest BCUT2D eigenvalue weighted by atomic mass is 15.0. The zero-order valence-electron chi connectivity index (χ0n) is 28.9. The molecule has 0 unspecified atom stereocenters. The van der Waals surface area contributed by atoms with Crippen molar-refractivity contribution >= 4 is 21.8 Å². The number of fused-ring (bicyclic) bond motifs is 3. The average Bonchev–Trinajstić information content (AvgIpc) is 3.53. The lowest BCUT2D eigenvalue weighted by molar-refractivity contribution is 0.961. The Morgan fingerprint density at radius 1 is 0.423 bits per heavy atom. The third-order valence-corrected chi connectivity index (χ3v) is 9.91. The normalized spacial score (nSPS) is 11.3. The van der Waals surface area contributed by atoms with Gasteiger partial charge in [-0.15, -0.1) is 0 Å². The molecule has 2 heterocycles. The molecule has 52 heavy (non-hydrogen) atoms. The summed E-state index contributed by atoms with van der Waals surface area (Å²) in [6.07, 6.45) is 1.80. The smallest absolute Gasteiger partial charge is 0.164 e. The highest BCUT2D eigenvalue weighted by molar-refractivity contribution is 6.11. The summed E-state index contributed by atoms with van der Waals surface area (Å²) < 4.78 is 2.39. The van der Waals surface area contributed by atoms with E-state index in [2.05, 4.69) is 127 Å². The number of hydrogen-bond donors (Lipinski definition) is 0. The fraction of sp³-hybridized carbons (Fsp3) is 0.0625. The van der Waals surface area contributed by atoms with Gasteiger partial charge in [-0.05, 0) is 84.0 Å². The second kappa shape index (κ2) is 13.6. The molecular weight excluding hydrogens is 633 g/mol. The number of nitrogens with zero attached hydrogens (tertiary/aromatic N) is 4. The molecule has 0 atom stereocenters. The van der Waals surface area contributed by atoms with E-state index in [1.54, 1.807) is 0 Å². The van der Waals surface area contributed by atoms with Gasteiger partial charge in [0, 0.05) is 33.2 Å². The number of para-hydroxylation sites is 2. The number of benzene rings is 7. The van der Waals surface area contributed by atoms with Crippen molar-refractivity contribution in [1.29, 1.82) is 0 Å². The van der Waals surface area contributed by atoms with E-state index in [9.17, 15) is 0 Å². The van der Waals surface area contributed by atoms with Gasteiger partial charge in [0.15, 0.2) is 17.5 Å². The second-order valence-corrected chi connectivity index (χ2v) is 13.3. The molecule has 248 valence electrons. The first kappa shape index (κ1) is 31.3. The Hall–Kier alpha value is -6.65. The molecule has 7 aromatic carbocycles. The monoisotopic (exact) mass is 668 g/mol. The van der Waals surface area contributed by atoms with Gasteiger partial charge < -0.3 is 4.57 Å². The minimum Gasteiger partial charge on any atom is -0.309 e. The van der Waals surface area contributed by atoms with Gasteiger partial charge >= 0.3 is 0 Å². The molecule has 0 aliphatic carbocycles. The van der Waals surface area contributed by atoms with Crippen LogP contribution in [0.15, 0.2) is 176 Å². The van der Waals surface area contributed by atoms with Crippen molar-refractivity contribution < 1.29 is 0 Å². The van der Waals surface area contributed by atoms with E-state index in [4.69, 9.17) is 15.0 Å². The molecule has 2 aromatic heterocycles. The van der Waals surface area contributed by atoms with Crippen LogP contribution in [0.3, 0.4) is 0 Å². The molecule has 0 saturated heterocycles. The van der Waals surface area contributed by atoms with Crippen LogP contribution in [-0.4, -0.2) is 19.5 Å². The number of aromatic nitrogens is 4. The molecule has 0 N–H and O–H groups in total. The number of hydrogen-bond acceptors (Lipinski definition) is 3. The van der Waals surface area contributed by atoms with E-state index in [1.807, 2.05) is 60.7 Å². The summed E-state index contributed by atoms with van der Waals surface area (Å²) in [5, 5.41) is 2.53. The Balaban J connectivity index is 1.06. The third-order valence-electron chi connectivity index (χ3n) is 9.91. The molecular formula is C48H36N4. The largest absolute Gasteiger partial charge is 0.309 e. The third kappa shape index (κ3) is 5.95. The highest BCUT2D eigenvalue weighted by Crippen LogP contribution is 2.38. The molecule has 0 aliphatic heterocycles. The van der Waals surface area contributed by atoms with Crippen molar-refractivity contribution in [2.45, 2.75) is 19.8 Å². The maximum atomic E-state index is 4.97. The summed E-state index contributed by atoms with van der Waals surface area (Å²) in [7, 11) is 0. The SMILES string of the molecule is Cc1cc2c(cc1-c1ccccc1CCc1cccc(-c3nc(-c4ccccc4)nc(-c4ccccc4)n3)c1)c1ccccc1n2-c1ccccc1. The molecule has 0 bridgehead atoms. The predicted octanol–water partition coefficient (Wildman–Crippen LogP) is 11.7. The maximum absolute atomic E-state index is 4.97. The predicted molar refractivity (Wildman–Crippen MR) is 214 cm³/mol. The number of rotatable bonds is 8. The van der Waals surface area contributed by atoms with Gasteiger partial charge in [0.1, 0.15) is 0 Å². The van der Waals surface area contributed by atoms with E-state index in [1.165, 1.54) is 55.3 Å². The van der Waals surface area contributed by atoms with Gasteiger partial charge in [-0.25, -0.2) is 15.0 Å². The zero-order chi connectivity index (χ0) is 34.9. The lowest BCUT2D eigenvalue weighted by Gasteiger charge is -2.14. The van der Waals surface area contributed by atoms with Crippen LogP contribution in [0, 0.1) is 6.92 Å². The lowest BCUT2D eigenvalue weighted by atomic mass is 9.91. The van der Waals surface area contributed by atoms with Gasteiger partial charge in [0.25, 0.3) is 0 Å². The van der Waals surface area contributed by atoms with Crippen LogP contribution in [-0.2, 0) is 12.8 Å². The average molecular weight is 669 g/mol. The molecule has 9 rings (SSSR count). The molecule has 9 aromatic rings. The summed E-state index contributed by atoms with van der Waals surface area (Å²) in [5.74, 6) is 2.01.